The third kappa shape index (κ3) is 5.35. The molecule has 2 aliphatic rings. The van der Waals surface area contributed by atoms with Crippen molar-refractivity contribution in [3.63, 3.8) is 0 Å². The third-order valence-electron chi connectivity index (χ3n) is 11.5. The van der Waals surface area contributed by atoms with Crippen molar-refractivity contribution in [2.45, 2.75) is 137 Å². The normalized spacial score (nSPS) is 17.0. The molecule has 252 valence electrons. The molecule has 4 aromatic rings. The molecule has 2 heterocycles. The monoisotopic (exact) mass is 653 g/mol. The van der Waals surface area contributed by atoms with E-state index in [0.29, 0.717) is 0 Å². The Morgan fingerprint density at radius 1 is 0.521 bits per heavy atom. The molecule has 0 radical (unpaired) electrons. The standard InChI is InChI=1S/C45H60BNSi/c1-41(2,3)29-25-31(43(7,8)9)39-33(27-29)45(13,14)34-28-30(42(4,5)6)26-32(44(10,11)12)40(34)47(39)46-35-21-17-19-23-37(35)48(15,16)38-24-20-18-22-36(38)46/h17-28H,1-16H3. The lowest BCUT2D eigenvalue weighted by atomic mass is 9.46. The van der Waals surface area contributed by atoms with Crippen molar-refractivity contribution in [2.24, 2.45) is 0 Å². The van der Waals surface area contributed by atoms with Crippen LogP contribution >= 0.6 is 0 Å². The van der Waals surface area contributed by atoms with Crippen LogP contribution in [-0.4, -0.2) is 14.9 Å². The van der Waals surface area contributed by atoms with Crippen molar-refractivity contribution in [3.05, 3.63) is 106 Å². The van der Waals surface area contributed by atoms with Gasteiger partial charge >= 0.3 is 6.85 Å². The number of benzene rings is 4. The van der Waals surface area contributed by atoms with Gasteiger partial charge in [-0.15, -0.1) is 0 Å². The Hall–Kier alpha value is -3.04. The lowest BCUT2D eigenvalue weighted by Gasteiger charge is -2.52. The lowest BCUT2D eigenvalue weighted by Crippen LogP contribution is -2.77. The molecule has 0 saturated heterocycles. The van der Waals surface area contributed by atoms with E-state index in [2.05, 4.69) is 188 Å². The molecule has 0 atom stereocenters. The van der Waals surface area contributed by atoms with E-state index in [0.717, 1.165) is 0 Å². The minimum atomic E-state index is -1.94. The van der Waals surface area contributed by atoms with Crippen molar-refractivity contribution in [1.82, 2.24) is 0 Å². The van der Waals surface area contributed by atoms with E-state index in [1.54, 1.807) is 10.4 Å². The summed E-state index contributed by atoms with van der Waals surface area (Å²) in [5.41, 5.74) is 14.1. The second-order valence-corrected chi connectivity index (χ2v) is 24.4. The fourth-order valence-electron chi connectivity index (χ4n) is 8.47. The molecule has 0 N–H and O–H groups in total. The molecule has 0 saturated carbocycles. The molecule has 0 amide bonds. The molecule has 0 bridgehead atoms. The predicted molar refractivity (Wildman–Crippen MR) is 217 cm³/mol. The zero-order valence-electron chi connectivity index (χ0n) is 33.0. The molecule has 0 aliphatic carbocycles. The molecule has 1 nitrogen and oxygen atoms in total. The first-order valence-corrected chi connectivity index (χ1v) is 21.2. The van der Waals surface area contributed by atoms with Gasteiger partial charge in [0, 0.05) is 16.8 Å². The van der Waals surface area contributed by atoms with Gasteiger partial charge in [0.05, 0.1) is 0 Å². The number of fused-ring (bicyclic) bond motifs is 4. The topological polar surface area (TPSA) is 3.24 Å². The summed E-state index contributed by atoms with van der Waals surface area (Å²) in [7, 11) is -1.94. The van der Waals surface area contributed by atoms with Crippen molar-refractivity contribution < 1.29 is 0 Å². The average Bonchev–Trinajstić information content (AvgIpc) is 2.96. The van der Waals surface area contributed by atoms with Crippen LogP contribution in [0.3, 0.4) is 0 Å². The zero-order valence-corrected chi connectivity index (χ0v) is 34.0. The summed E-state index contributed by atoms with van der Waals surface area (Å²) >= 11 is 0. The van der Waals surface area contributed by atoms with E-state index in [1.165, 1.54) is 55.7 Å². The molecule has 0 aromatic heterocycles. The minimum absolute atomic E-state index is 0.0275. The number of nitrogens with zero attached hydrogens (tertiary/aromatic N) is 1. The first-order chi connectivity index (χ1) is 21.9. The van der Waals surface area contributed by atoms with Crippen LogP contribution < -0.4 is 26.1 Å². The summed E-state index contributed by atoms with van der Waals surface area (Å²) in [6.07, 6.45) is 0. The smallest absolute Gasteiger partial charge is 0.327 e. The quantitative estimate of drug-likeness (QED) is 0.185. The highest BCUT2D eigenvalue weighted by atomic mass is 28.3. The van der Waals surface area contributed by atoms with Crippen LogP contribution in [0.15, 0.2) is 72.8 Å². The van der Waals surface area contributed by atoms with Gasteiger partial charge in [0.2, 0.25) is 0 Å². The van der Waals surface area contributed by atoms with Gasteiger partial charge in [-0.05, 0) is 55.0 Å². The summed E-state index contributed by atoms with van der Waals surface area (Å²) in [5, 5.41) is 3.13. The molecule has 3 heteroatoms. The van der Waals surface area contributed by atoms with Gasteiger partial charge < -0.3 is 4.81 Å². The van der Waals surface area contributed by atoms with E-state index >= 15 is 0 Å². The summed E-state index contributed by atoms with van der Waals surface area (Å²) in [6, 6.07) is 29.2. The van der Waals surface area contributed by atoms with Crippen molar-refractivity contribution in [1.29, 1.82) is 0 Å². The Morgan fingerprint density at radius 3 is 1.21 bits per heavy atom. The van der Waals surface area contributed by atoms with Crippen molar-refractivity contribution in [3.8, 4) is 0 Å². The highest BCUT2D eigenvalue weighted by Gasteiger charge is 2.50. The number of rotatable bonds is 1. The van der Waals surface area contributed by atoms with Crippen molar-refractivity contribution >= 4 is 47.6 Å². The average molecular weight is 654 g/mol. The van der Waals surface area contributed by atoms with E-state index in [1.807, 2.05) is 0 Å². The van der Waals surface area contributed by atoms with Gasteiger partial charge in [0.1, 0.15) is 8.07 Å². The Labute approximate surface area is 294 Å². The summed E-state index contributed by atoms with van der Waals surface area (Å²) in [6.45, 7) is 38.9. The zero-order chi connectivity index (χ0) is 35.6. The SMILES string of the molecule is CC(C)(C)c1cc(C(C)(C)C)c2c(c1)C(C)(C)c1cc(C(C)(C)C)cc(C(C)(C)C)c1N2B1c2ccccc2[Si](C)(C)c2ccccc21. The van der Waals surface area contributed by atoms with Gasteiger partial charge in [0.15, 0.2) is 0 Å². The Kier molecular flexibility index (Phi) is 7.78. The van der Waals surface area contributed by atoms with Gasteiger partial charge in [-0.25, -0.2) is 0 Å². The van der Waals surface area contributed by atoms with Crippen LogP contribution in [0.2, 0.25) is 13.1 Å². The van der Waals surface area contributed by atoms with Gasteiger partial charge in [0.25, 0.3) is 0 Å². The predicted octanol–water partition coefficient (Wildman–Crippen LogP) is 9.60. The number of anilines is 2. The molecule has 6 rings (SSSR count). The Morgan fingerprint density at radius 2 is 0.875 bits per heavy atom. The maximum Gasteiger partial charge on any atom is 0.327 e. The fourth-order valence-corrected chi connectivity index (χ4v) is 11.7. The third-order valence-corrected chi connectivity index (χ3v) is 15.1. The van der Waals surface area contributed by atoms with E-state index in [4.69, 9.17) is 0 Å². The lowest BCUT2D eigenvalue weighted by molar-refractivity contribution is 0.545. The van der Waals surface area contributed by atoms with Crippen LogP contribution in [-0.2, 0) is 27.1 Å². The molecule has 0 spiro atoms. The molecule has 48 heavy (non-hydrogen) atoms. The second-order valence-electron chi connectivity index (χ2n) is 20.0. The van der Waals surface area contributed by atoms with Crippen LogP contribution in [0.4, 0.5) is 11.4 Å². The minimum Gasteiger partial charge on any atom is -0.376 e. The Balaban J connectivity index is 1.88. The first-order valence-electron chi connectivity index (χ1n) is 18.2. The first kappa shape index (κ1) is 34.8. The summed E-state index contributed by atoms with van der Waals surface area (Å²) < 4.78 is 0. The largest absolute Gasteiger partial charge is 0.376 e. The molecule has 2 aliphatic heterocycles. The highest BCUT2D eigenvalue weighted by molar-refractivity contribution is 7.12. The van der Waals surface area contributed by atoms with Gasteiger partial charge in [-0.1, -0.05) is 204 Å². The molecule has 4 aromatic carbocycles. The van der Waals surface area contributed by atoms with Crippen molar-refractivity contribution in [2.75, 3.05) is 4.81 Å². The van der Waals surface area contributed by atoms with Crippen LogP contribution in [0.5, 0.6) is 0 Å². The summed E-state index contributed by atoms with van der Waals surface area (Å²) in [4.78, 5) is 2.86. The molecular formula is C45H60BNSi. The molecule has 0 fully saturated rings. The maximum absolute atomic E-state index is 2.86. The Bertz CT molecular complexity index is 1780. The molecular weight excluding hydrogens is 593 g/mol. The molecule has 0 unspecified atom stereocenters. The van der Waals surface area contributed by atoms with Gasteiger partial charge in [-0.3, -0.25) is 0 Å². The van der Waals surface area contributed by atoms with Crippen LogP contribution in [0.25, 0.3) is 0 Å². The summed E-state index contributed by atoms with van der Waals surface area (Å²) in [5.74, 6) is 0. The maximum atomic E-state index is 2.86. The van der Waals surface area contributed by atoms with Crippen LogP contribution in [0, 0.1) is 0 Å². The second kappa shape index (κ2) is 10.7. The van der Waals surface area contributed by atoms with E-state index in [9.17, 15) is 0 Å². The van der Waals surface area contributed by atoms with Crippen LogP contribution in [0.1, 0.15) is 130 Å². The van der Waals surface area contributed by atoms with Gasteiger partial charge in [-0.2, -0.15) is 0 Å². The highest BCUT2D eigenvalue weighted by Crippen LogP contribution is 2.56. The van der Waals surface area contributed by atoms with E-state index in [-0.39, 0.29) is 33.9 Å². The van der Waals surface area contributed by atoms with E-state index < -0.39 is 8.07 Å². The number of hydrogen-bond donors (Lipinski definition) is 0. The number of hydrogen-bond acceptors (Lipinski definition) is 1. The fraction of sp³-hybridized carbons (Fsp3) is 0.467.